The highest BCUT2D eigenvalue weighted by atomic mass is 32.2. The Bertz CT molecular complexity index is 633. The highest BCUT2D eigenvalue weighted by Gasteiger charge is 2.23. The predicted molar refractivity (Wildman–Crippen MR) is 86.9 cm³/mol. The molecule has 3 N–H and O–H groups in total. The van der Waals surface area contributed by atoms with Gasteiger partial charge in [0.2, 0.25) is 10.0 Å². The summed E-state index contributed by atoms with van der Waals surface area (Å²) in [6.07, 6.45) is 1.89. The molecule has 1 aromatic carbocycles. The number of aromatic carboxylic acids is 1. The van der Waals surface area contributed by atoms with Gasteiger partial charge in [0.1, 0.15) is 0 Å². The molecule has 0 bridgehead atoms. The van der Waals surface area contributed by atoms with Gasteiger partial charge in [-0.25, -0.2) is 17.9 Å². The molecule has 1 aromatic rings. The van der Waals surface area contributed by atoms with Gasteiger partial charge in [-0.2, -0.15) is 0 Å². The van der Waals surface area contributed by atoms with E-state index in [2.05, 4.69) is 10.0 Å². The Labute approximate surface area is 132 Å². The van der Waals surface area contributed by atoms with Crippen molar-refractivity contribution in [1.82, 2.24) is 4.72 Å². The van der Waals surface area contributed by atoms with Gasteiger partial charge < -0.3 is 10.4 Å². The second-order valence-corrected chi connectivity index (χ2v) is 7.83. The van der Waals surface area contributed by atoms with Crippen LogP contribution in [0.3, 0.4) is 0 Å². The minimum atomic E-state index is -3.76. The first kappa shape index (κ1) is 18.4. The molecule has 124 valence electrons. The van der Waals surface area contributed by atoms with Crippen LogP contribution in [0.4, 0.5) is 5.69 Å². The number of benzene rings is 1. The fourth-order valence-corrected chi connectivity index (χ4v) is 3.33. The number of sulfonamides is 1. The fourth-order valence-electron chi connectivity index (χ4n) is 1.88. The molecule has 7 heteroatoms. The Morgan fingerprint density at radius 2 is 1.91 bits per heavy atom. The van der Waals surface area contributed by atoms with Crippen LogP contribution < -0.4 is 10.0 Å². The summed E-state index contributed by atoms with van der Waals surface area (Å²) in [4.78, 5) is 11.3. The van der Waals surface area contributed by atoms with Gasteiger partial charge >= 0.3 is 5.97 Å². The van der Waals surface area contributed by atoms with E-state index in [1.807, 2.05) is 6.92 Å². The molecular weight excluding hydrogens is 304 g/mol. The number of carboxylic acid groups (broad SMARTS) is 1. The van der Waals surface area contributed by atoms with E-state index in [4.69, 9.17) is 0 Å². The SMILES string of the molecule is CCCCNc1ccc(S(=O)(=O)NC(C)(C)C)cc1C(=O)O. The summed E-state index contributed by atoms with van der Waals surface area (Å²) in [6.45, 7) is 7.85. The number of hydrogen-bond donors (Lipinski definition) is 3. The van der Waals surface area contributed by atoms with Crippen molar-refractivity contribution in [2.45, 2.75) is 51.0 Å². The Hall–Kier alpha value is -1.60. The zero-order chi connectivity index (χ0) is 17.0. The Kier molecular flexibility index (Phi) is 5.96. The molecule has 0 unspecified atom stereocenters. The summed E-state index contributed by atoms with van der Waals surface area (Å²) in [7, 11) is -3.76. The molecule has 0 amide bonds. The number of rotatable bonds is 7. The summed E-state index contributed by atoms with van der Waals surface area (Å²) >= 11 is 0. The standard InChI is InChI=1S/C15H24N2O4S/c1-5-6-9-16-13-8-7-11(10-12(13)14(18)19)22(20,21)17-15(2,3)4/h7-8,10,16-17H,5-6,9H2,1-4H3,(H,18,19). The third kappa shape index (κ3) is 5.31. The molecule has 0 saturated carbocycles. The molecule has 0 aliphatic heterocycles. The van der Waals surface area contributed by atoms with Crippen molar-refractivity contribution in [2.75, 3.05) is 11.9 Å². The van der Waals surface area contributed by atoms with Crippen LogP contribution in [0.25, 0.3) is 0 Å². The average Bonchev–Trinajstić information content (AvgIpc) is 2.36. The van der Waals surface area contributed by atoms with Crippen LogP contribution >= 0.6 is 0 Å². The van der Waals surface area contributed by atoms with Crippen LogP contribution in [0.2, 0.25) is 0 Å². The minimum Gasteiger partial charge on any atom is -0.478 e. The van der Waals surface area contributed by atoms with E-state index in [0.717, 1.165) is 12.8 Å². The number of nitrogens with one attached hydrogen (secondary N) is 2. The van der Waals surface area contributed by atoms with E-state index in [9.17, 15) is 18.3 Å². The van der Waals surface area contributed by atoms with Gasteiger partial charge in [0.05, 0.1) is 10.5 Å². The zero-order valence-electron chi connectivity index (χ0n) is 13.4. The molecule has 0 spiro atoms. The van der Waals surface area contributed by atoms with Gasteiger partial charge in [-0.1, -0.05) is 13.3 Å². The van der Waals surface area contributed by atoms with E-state index >= 15 is 0 Å². The van der Waals surface area contributed by atoms with Crippen LogP contribution in [0.5, 0.6) is 0 Å². The van der Waals surface area contributed by atoms with Crippen LogP contribution in [0.15, 0.2) is 23.1 Å². The van der Waals surface area contributed by atoms with Crippen LogP contribution in [-0.4, -0.2) is 31.6 Å². The van der Waals surface area contributed by atoms with E-state index < -0.39 is 21.5 Å². The highest BCUT2D eigenvalue weighted by Crippen LogP contribution is 2.22. The molecule has 6 nitrogen and oxygen atoms in total. The van der Waals surface area contributed by atoms with Crippen molar-refractivity contribution in [2.24, 2.45) is 0 Å². The topological polar surface area (TPSA) is 95.5 Å². The summed E-state index contributed by atoms with van der Waals surface area (Å²) in [5.74, 6) is -1.16. The number of unbranched alkanes of at least 4 members (excludes halogenated alkanes) is 1. The summed E-state index contributed by atoms with van der Waals surface area (Å²) in [5.41, 5.74) is -0.260. The highest BCUT2D eigenvalue weighted by molar-refractivity contribution is 7.89. The summed E-state index contributed by atoms with van der Waals surface area (Å²) in [6, 6.07) is 4.09. The van der Waals surface area contributed by atoms with Crippen molar-refractivity contribution in [3.63, 3.8) is 0 Å². The van der Waals surface area contributed by atoms with Crippen molar-refractivity contribution >= 4 is 21.7 Å². The smallest absolute Gasteiger partial charge is 0.337 e. The van der Waals surface area contributed by atoms with E-state index in [1.165, 1.54) is 18.2 Å². The largest absolute Gasteiger partial charge is 0.478 e. The Morgan fingerprint density at radius 1 is 1.27 bits per heavy atom. The number of carbonyl (C=O) groups is 1. The van der Waals surface area contributed by atoms with Gasteiger partial charge in [-0.15, -0.1) is 0 Å². The molecular formula is C15H24N2O4S. The minimum absolute atomic E-state index is 0.0483. The zero-order valence-corrected chi connectivity index (χ0v) is 14.3. The lowest BCUT2D eigenvalue weighted by Crippen LogP contribution is -2.40. The quantitative estimate of drug-likeness (QED) is 0.669. The Morgan fingerprint density at radius 3 is 2.41 bits per heavy atom. The first-order valence-electron chi connectivity index (χ1n) is 7.22. The van der Waals surface area contributed by atoms with Crippen molar-refractivity contribution in [3.8, 4) is 0 Å². The number of anilines is 1. The first-order chi connectivity index (χ1) is 10.1. The van der Waals surface area contributed by atoms with E-state index in [1.54, 1.807) is 20.8 Å². The van der Waals surface area contributed by atoms with Gasteiger partial charge in [0, 0.05) is 17.8 Å². The fraction of sp³-hybridized carbons (Fsp3) is 0.533. The second kappa shape index (κ2) is 7.11. The maximum atomic E-state index is 12.3. The number of hydrogen-bond acceptors (Lipinski definition) is 4. The predicted octanol–water partition coefficient (Wildman–Crippen LogP) is 2.67. The molecule has 0 heterocycles. The molecule has 0 atom stereocenters. The van der Waals surface area contributed by atoms with Gasteiger partial charge in [0.15, 0.2) is 0 Å². The van der Waals surface area contributed by atoms with Gasteiger partial charge in [-0.05, 0) is 45.4 Å². The van der Waals surface area contributed by atoms with Gasteiger partial charge in [-0.3, -0.25) is 0 Å². The molecule has 0 radical (unpaired) electrons. The maximum Gasteiger partial charge on any atom is 0.337 e. The summed E-state index contributed by atoms with van der Waals surface area (Å²) in [5, 5.41) is 12.3. The normalized spacial score (nSPS) is 12.2. The molecule has 0 aliphatic carbocycles. The molecule has 0 aromatic heterocycles. The Balaban J connectivity index is 3.15. The lowest BCUT2D eigenvalue weighted by Gasteiger charge is -2.20. The van der Waals surface area contributed by atoms with E-state index in [-0.39, 0.29) is 10.5 Å². The van der Waals surface area contributed by atoms with Crippen molar-refractivity contribution in [1.29, 1.82) is 0 Å². The lowest BCUT2D eigenvalue weighted by molar-refractivity contribution is 0.0697. The molecule has 0 saturated heterocycles. The van der Waals surface area contributed by atoms with Crippen LogP contribution in [0.1, 0.15) is 50.9 Å². The van der Waals surface area contributed by atoms with Gasteiger partial charge in [0.25, 0.3) is 0 Å². The maximum absolute atomic E-state index is 12.3. The molecule has 0 aliphatic rings. The average molecular weight is 328 g/mol. The molecule has 0 fully saturated rings. The monoisotopic (exact) mass is 328 g/mol. The molecule has 1 rings (SSSR count). The van der Waals surface area contributed by atoms with Crippen molar-refractivity contribution in [3.05, 3.63) is 23.8 Å². The second-order valence-electron chi connectivity index (χ2n) is 6.15. The van der Waals surface area contributed by atoms with Crippen LogP contribution in [0, 0.1) is 0 Å². The molecule has 22 heavy (non-hydrogen) atoms. The van der Waals surface area contributed by atoms with Crippen molar-refractivity contribution < 1.29 is 18.3 Å². The first-order valence-corrected chi connectivity index (χ1v) is 8.70. The third-order valence-corrected chi connectivity index (χ3v) is 4.57. The van der Waals surface area contributed by atoms with E-state index in [0.29, 0.717) is 12.2 Å². The third-order valence-electron chi connectivity index (χ3n) is 2.82. The number of carboxylic acids is 1. The van der Waals surface area contributed by atoms with Crippen LogP contribution in [-0.2, 0) is 10.0 Å². The lowest BCUT2D eigenvalue weighted by atomic mass is 10.1. The summed E-state index contributed by atoms with van der Waals surface area (Å²) < 4.78 is 27.0.